The van der Waals surface area contributed by atoms with Crippen LogP contribution in [-0.2, 0) is 0 Å². The van der Waals surface area contributed by atoms with Crippen molar-refractivity contribution < 1.29 is 28.4 Å². The van der Waals surface area contributed by atoms with Crippen LogP contribution in [0, 0.1) is 0 Å². The Morgan fingerprint density at radius 3 is 2.17 bits per heavy atom. The summed E-state index contributed by atoms with van der Waals surface area (Å²) in [5.74, 6) is 3.78. The predicted molar refractivity (Wildman–Crippen MR) is 131 cm³/mol. The van der Waals surface area contributed by atoms with E-state index >= 15 is 0 Å². The Balaban J connectivity index is 1.65. The van der Waals surface area contributed by atoms with Crippen LogP contribution in [0.15, 0.2) is 59.7 Å². The Bertz CT molecular complexity index is 1250. The third-order valence-corrected chi connectivity index (χ3v) is 6.38. The molecule has 2 atom stereocenters. The molecular formula is C27H28N2O6. The molecule has 0 aromatic heterocycles. The van der Waals surface area contributed by atoms with Crippen molar-refractivity contribution in [1.29, 1.82) is 0 Å². The second kappa shape index (κ2) is 9.29. The fraction of sp³-hybridized carbons (Fsp3) is 0.296. The van der Waals surface area contributed by atoms with Crippen LogP contribution in [-0.4, -0.2) is 46.3 Å². The van der Waals surface area contributed by atoms with E-state index in [9.17, 15) is 0 Å². The first-order valence-electron chi connectivity index (χ1n) is 11.3. The van der Waals surface area contributed by atoms with Crippen molar-refractivity contribution in [2.75, 3.05) is 35.5 Å². The summed E-state index contributed by atoms with van der Waals surface area (Å²) in [7, 11) is 8.08. The van der Waals surface area contributed by atoms with Crippen molar-refractivity contribution >= 4 is 5.71 Å². The van der Waals surface area contributed by atoms with Gasteiger partial charge >= 0.3 is 0 Å². The van der Waals surface area contributed by atoms with Gasteiger partial charge in [0.25, 0.3) is 0 Å². The lowest BCUT2D eigenvalue weighted by molar-refractivity contribution is -0.0211. The Morgan fingerprint density at radius 1 is 0.800 bits per heavy atom. The van der Waals surface area contributed by atoms with Gasteiger partial charge in [-0.3, -0.25) is 0 Å². The number of rotatable bonds is 7. The van der Waals surface area contributed by atoms with Crippen molar-refractivity contribution in [2.24, 2.45) is 5.10 Å². The van der Waals surface area contributed by atoms with Gasteiger partial charge in [0.15, 0.2) is 23.0 Å². The fourth-order valence-electron chi connectivity index (χ4n) is 4.69. The summed E-state index contributed by atoms with van der Waals surface area (Å²) in [6.07, 6.45) is 0.165. The highest BCUT2D eigenvalue weighted by Gasteiger charge is 2.42. The third-order valence-electron chi connectivity index (χ3n) is 6.38. The lowest BCUT2D eigenvalue weighted by Gasteiger charge is -2.38. The first-order chi connectivity index (χ1) is 17.1. The molecule has 2 heterocycles. The summed E-state index contributed by atoms with van der Waals surface area (Å²) in [6.45, 7) is 0. The van der Waals surface area contributed by atoms with Gasteiger partial charge in [-0.15, -0.1) is 0 Å². The molecule has 0 saturated carbocycles. The van der Waals surface area contributed by atoms with E-state index in [-0.39, 0.29) is 6.04 Å². The molecule has 2 aliphatic heterocycles. The van der Waals surface area contributed by atoms with E-state index in [0.29, 0.717) is 35.2 Å². The molecule has 35 heavy (non-hydrogen) atoms. The van der Waals surface area contributed by atoms with Crippen LogP contribution in [0.25, 0.3) is 0 Å². The molecule has 3 aromatic rings. The van der Waals surface area contributed by atoms with Gasteiger partial charge in [-0.05, 0) is 30.3 Å². The van der Waals surface area contributed by atoms with E-state index in [0.717, 1.165) is 28.2 Å². The largest absolute Gasteiger partial charge is 0.497 e. The van der Waals surface area contributed by atoms with E-state index < -0.39 is 6.23 Å². The van der Waals surface area contributed by atoms with E-state index in [4.69, 9.17) is 33.5 Å². The van der Waals surface area contributed by atoms with Crippen LogP contribution in [0.4, 0.5) is 0 Å². The van der Waals surface area contributed by atoms with Gasteiger partial charge in [0.1, 0.15) is 5.75 Å². The number of benzene rings is 3. The molecule has 8 nitrogen and oxygen atoms in total. The van der Waals surface area contributed by atoms with Crippen LogP contribution in [0.5, 0.6) is 34.5 Å². The fourth-order valence-corrected chi connectivity index (χ4v) is 4.69. The van der Waals surface area contributed by atoms with Gasteiger partial charge in [0, 0.05) is 23.1 Å². The normalized spacial score (nSPS) is 18.1. The second-order valence-electron chi connectivity index (χ2n) is 8.19. The maximum absolute atomic E-state index is 6.57. The summed E-state index contributed by atoms with van der Waals surface area (Å²) in [4.78, 5) is 0. The summed E-state index contributed by atoms with van der Waals surface area (Å²) in [6, 6.07) is 17.6. The van der Waals surface area contributed by atoms with Crippen LogP contribution in [0.1, 0.15) is 35.4 Å². The first kappa shape index (κ1) is 22.7. The molecule has 0 fully saturated rings. The highest BCUT2D eigenvalue weighted by atomic mass is 16.5. The number of para-hydroxylation sites is 1. The summed E-state index contributed by atoms with van der Waals surface area (Å²) in [5, 5.41) is 7.03. The number of ether oxygens (including phenoxy) is 6. The molecule has 8 heteroatoms. The molecule has 0 amide bonds. The molecule has 0 saturated heterocycles. The van der Waals surface area contributed by atoms with Gasteiger partial charge in [0.2, 0.25) is 12.0 Å². The molecule has 2 unspecified atom stereocenters. The quantitative estimate of drug-likeness (QED) is 0.477. The van der Waals surface area contributed by atoms with Gasteiger partial charge in [0.05, 0.1) is 47.3 Å². The van der Waals surface area contributed by atoms with E-state index in [1.165, 1.54) is 0 Å². The molecule has 0 spiro atoms. The SMILES string of the molecule is COc1cccc(C2=NN3C(C2)c2cccc(OC)c2OC3c2cc(OC)c(OC)c(OC)c2)c1. The molecular weight excluding hydrogens is 448 g/mol. The highest BCUT2D eigenvalue weighted by Crippen LogP contribution is 2.52. The minimum atomic E-state index is -0.541. The Morgan fingerprint density at radius 2 is 1.51 bits per heavy atom. The third kappa shape index (κ3) is 3.84. The molecule has 0 radical (unpaired) electrons. The summed E-state index contributed by atoms with van der Waals surface area (Å²) in [5.41, 5.74) is 3.80. The second-order valence-corrected chi connectivity index (χ2v) is 8.19. The van der Waals surface area contributed by atoms with Crippen LogP contribution in [0.2, 0.25) is 0 Å². The Labute approximate surface area is 204 Å². The van der Waals surface area contributed by atoms with E-state index in [1.54, 1.807) is 35.5 Å². The van der Waals surface area contributed by atoms with E-state index in [2.05, 4.69) is 6.07 Å². The van der Waals surface area contributed by atoms with Gasteiger partial charge in [-0.25, -0.2) is 5.01 Å². The Hall–Kier alpha value is -4.07. The van der Waals surface area contributed by atoms with Crippen molar-refractivity contribution in [3.8, 4) is 34.5 Å². The zero-order valence-electron chi connectivity index (χ0n) is 20.4. The lowest BCUT2D eigenvalue weighted by atomic mass is 9.95. The molecule has 3 aromatic carbocycles. The minimum Gasteiger partial charge on any atom is -0.497 e. The summed E-state index contributed by atoms with van der Waals surface area (Å²) < 4.78 is 34.4. The van der Waals surface area contributed by atoms with Crippen molar-refractivity contribution in [3.63, 3.8) is 0 Å². The van der Waals surface area contributed by atoms with Crippen LogP contribution < -0.4 is 28.4 Å². The lowest BCUT2D eigenvalue weighted by Crippen LogP contribution is -2.34. The van der Waals surface area contributed by atoms with Crippen LogP contribution >= 0.6 is 0 Å². The van der Waals surface area contributed by atoms with Gasteiger partial charge in [-0.2, -0.15) is 5.10 Å². The number of hydrogen-bond donors (Lipinski definition) is 0. The maximum atomic E-state index is 6.57. The zero-order valence-corrected chi connectivity index (χ0v) is 20.4. The number of hydrazone groups is 1. The molecule has 5 rings (SSSR count). The standard InChI is InChI=1S/C27H28N2O6/c1-30-18-9-6-8-16(12-18)20-15-21-19-10-7-11-22(31-2)25(19)35-27(29(21)28-20)17-13-23(32-3)26(34-5)24(14-17)33-4/h6-14,21,27H,15H2,1-5H3. The average Bonchev–Trinajstić information content (AvgIpc) is 3.37. The topological polar surface area (TPSA) is 71.0 Å². The predicted octanol–water partition coefficient (Wildman–Crippen LogP) is 4.97. The van der Waals surface area contributed by atoms with E-state index in [1.807, 2.05) is 53.5 Å². The molecule has 2 aliphatic rings. The smallest absolute Gasteiger partial charge is 0.214 e. The highest BCUT2D eigenvalue weighted by molar-refractivity contribution is 6.02. The molecule has 182 valence electrons. The van der Waals surface area contributed by atoms with Crippen molar-refractivity contribution in [1.82, 2.24) is 5.01 Å². The number of hydrogen-bond acceptors (Lipinski definition) is 8. The van der Waals surface area contributed by atoms with Crippen molar-refractivity contribution in [3.05, 3.63) is 71.3 Å². The van der Waals surface area contributed by atoms with Crippen molar-refractivity contribution in [2.45, 2.75) is 18.7 Å². The molecule has 0 N–H and O–H groups in total. The monoisotopic (exact) mass is 476 g/mol. The average molecular weight is 477 g/mol. The first-order valence-corrected chi connectivity index (χ1v) is 11.3. The maximum Gasteiger partial charge on any atom is 0.214 e. The Kier molecular flexibility index (Phi) is 6.03. The molecule has 0 aliphatic carbocycles. The zero-order chi connectivity index (χ0) is 24.5. The van der Waals surface area contributed by atoms with Crippen LogP contribution in [0.3, 0.4) is 0 Å². The summed E-state index contributed by atoms with van der Waals surface area (Å²) >= 11 is 0. The van der Waals surface area contributed by atoms with Gasteiger partial charge < -0.3 is 28.4 Å². The van der Waals surface area contributed by atoms with Gasteiger partial charge in [-0.1, -0.05) is 24.3 Å². The molecule has 0 bridgehead atoms. The number of nitrogens with zero attached hydrogens (tertiary/aromatic N) is 2. The number of methoxy groups -OCH3 is 5. The minimum absolute atomic E-state index is 0.0425. The number of fused-ring (bicyclic) bond motifs is 3.